The molecule has 172 valence electrons. The van der Waals surface area contributed by atoms with Crippen molar-refractivity contribution in [1.29, 1.82) is 0 Å². The third-order valence-corrected chi connectivity index (χ3v) is 7.51. The summed E-state index contributed by atoms with van der Waals surface area (Å²) in [4.78, 5) is 28.4. The first-order valence-corrected chi connectivity index (χ1v) is 13.2. The Hall–Kier alpha value is -1.53. The quantitative estimate of drug-likeness (QED) is 0.412. The molecule has 2 amide bonds. The van der Waals surface area contributed by atoms with Crippen molar-refractivity contribution in [2.24, 2.45) is 5.92 Å². The maximum absolute atomic E-state index is 12.7. The molecule has 0 unspecified atom stereocenters. The number of carbonyl (C=O) groups is 2. The van der Waals surface area contributed by atoms with Crippen LogP contribution in [0.15, 0.2) is 29.2 Å². The van der Waals surface area contributed by atoms with E-state index in [0.29, 0.717) is 23.8 Å². The highest BCUT2D eigenvalue weighted by atomic mass is 32.2. The first-order valence-electron chi connectivity index (χ1n) is 12.2. The molecule has 6 heteroatoms. The van der Waals surface area contributed by atoms with E-state index in [1.54, 1.807) is 0 Å². The molecule has 1 aromatic rings. The number of hydrogen-bond acceptors (Lipinski definition) is 4. The van der Waals surface area contributed by atoms with Crippen LogP contribution in [0.4, 0.5) is 0 Å². The van der Waals surface area contributed by atoms with Gasteiger partial charge in [-0.25, -0.2) is 0 Å². The topological polar surface area (TPSA) is 61.4 Å². The van der Waals surface area contributed by atoms with Crippen LogP contribution in [0, 0.1) is 5.92 Å². The van der Waals surface area contributed by atoms with Crippen LogP contribution in [0.3, 0.4) is 0 Å². The minimum atomic E-state index is -0.0402. The van der Waals surface area contributed by atoms with Crippen LogP contribution in [0.25, 0.3) is 0 Å². The predicted octanol–water partition coefficient (Wildman–Crippen LogP) is 4.47. The van der Waals surface area contributed by atoms with Crippen molar-refractivity contribution >= 4 is 23.6 Å². The van der Waals surface area contributed by atoms with Gasteiger partial charge in [0.2, 0.25) is 5.91 Å². The van der Waals surface area contributed by atoms with Gasteiger partial charge in [0.05, 0.1) is 11.3 Å². The highest BCUT2D eigenvalue weighted by Crippen LogP contribution is 2.24. The average Bonchev–Trinajstić information content (AvgIpc) is 3.09. The molecule has 0 atom stereocenters. The van der Waals surface area contributed by atoms with Gasteiger partial charge in [-0.1, -0.05) is 44.2 Å². The summed E-state index contributed by atoms with van der Waals surface area (Å²) in [5.41, 5.74) is 0.669. The van der Waals surface area contributed by atoms with Crippen molar-refractivity contribution in [2.75, 3.05) is 38.5 Å². The zero-order chi connectivity index (χ0) is 21.7. The molecule has 5 nitrogen and oxygen atoms in total. The number of thioether (sulfide) groups is 1. The largest absolute Gasteiger partial charge is 0.355 e. The Bertz CT molecular complexity index is 683. The van der Waals surface area contributed by atoms with E-state index in [2.05, 4.69) is 15.5 Å². The fraction of sp³-hybridized carbons (Fsp3) is 0.680. The minimum Gasteiger partial charge on any atom is -0.355 e. The number of hydrogen-bond donors (Lipinski definition) is 2. The third kappa shape index (κ3) is 8.85. The number of likely N-dealkylation sites (tertiary alicyclic amines) is 1. The normalized spacial score (nSPS) is 18.3. The summed E-state index contributed by atoms with van der Waals surface area (Å²) in [6.07, 6.45) is 12.6. The highest BCUT2D eigenvalue weighted by molar-refractivity contribution is 8.00. The van der Waals surface area contributed by atoms with Crippen LogP contribution in [0.1, 0.15) is 74.6 Å². The number of rotatable bonds is 10. The molecule has 1 heterocycles. The molecule has 31 heavy (non-hydrogen) atoms. The van der Waals surface area contributed by atoms with Crippen LogP contribution in [-0.4, -0.2) is 55.2 Å². The molecular formula is C25H39N3O2S. The molecule has 2 aliphatic rings. The Kier molecular flexibility index (Phi) is 10.7. The van der Waals surface area contributed by atoms with E-state index in [0.717, 1.165) is 24.4 Å². The second kappa shape index (κ2) is 13.8. The zero-order valence-electron chi connectivity index (χ0n) is 18.9. The van der Waals surface area contributed by atoms with Crippen molar-refractivity contribution in [3.05, 3.63) is 29.8 Å². The molecule has 1 saturated carbocycles. The summed E-state index contributed by atoms with van der Waals surface area (Å²) in [5.74, 6) is 1.01. The Morgan fingerprint density at radius 3 is 2.42 bits per heavy atom. The Labute approximate surface area is 192 Å². The molecule has 1 saturated heterocycles. The van der Waals surface area contributed by atoms with Crippen molar-refractivity contribution in [3.63, 3.8) is 0 Å². The van der Waals surface area contributed by atoms with Crippen LogP contribution in [0.5, 0.6) is 0 Å². The third-order valence-electron chi connectivity index (χ3n) is 6.44. The molecule has 3 rings (SSSR count). The Morgan fingerprint density at radius 2 is 1.65 bits per heavy atom. The molecule has 2 N–H and O–H groups in total. The number of nitrogens with zero attached hydrogens (tertiary/aromatic N) is 1. The molecular weight excluding hydrogens is 406 g/mol. The van der Waals surface area contributed by atoms with Gasteiger partial charge in [-0.3, -0.25) is 9.59 Å². The average molecular weight is 446 g/mol. The second-order valence-electron chi connectivity index (χ2n) is 8.96. The predicted molar refractivity (Wildman–Crippen MR) is 129 cm³/mol. The second-order valence-corrected chi connectivity index (χ2v) is 9.98. The summed E-state index contributed by atoms with van der Waals surface area (Å²) in [6, 6.07) is 7.61. The van der Waals surface area contributed by atoms with Gasteiger partial charge in [0.15, 0.2) is 0 Å². The van der Waals surface area contributed by atoms with E-state index < -0.39 is 0 Å². The van der Waals surface area contributed by atoms with E-state index in [1.807, 2.05) is 24.3 Å². The molecule has 0 spiro atoms. The highest BCUT2D eigenvalue weighted by Gasteiger charge is 2.16. The summed E-state index contributed by atoms with van der Waals surface area (Å²) in [6.45, 7) is 4.92. The van der Waals surface area contributed by atoms with Crippen LogP contribution >= 0.6 is 11.8 Å². The Balaban J connectivity index is 1.38. The molecule has 1 aliphatic heterocycles. The zero-order valence-corrected chi connectivity index (χ0v) is 19.7. The number of nitrogens with one attached hydrogen (secondary N) is 2. The SMILES string of the molecule is O=C(CSc1ccccc1C(=O)NCCCN1CCCCCC1)NCC1CCCCC1. The summed E-state index contributed by atoms with van der Waals surface area (Å²) < 4.78 is 0. The first-order chi connectivity index (χ1) is 15.2. The van der Waals surface area contributed by atoms with Crippen molar-refractivity contribution < 1.29 is 9.59 Å². The molecule has 0 radical (unpaired) electrons. The lowest BCUT2D eigenvalue weighted by atomic mass is 9.89. The van der Waals surface area contributed by atoms with Gasteiger partial charge in [0.1, 0.15) is 0 Å². The van der Waals surface area contributed by atoms with Gasteiger partial charge >= 0.3 is 0 Å². The smallest absolute Gasteiger partial charge is 0.252 e. The molecule has 1 aliphatic carbocycles. The van der Waals surface area contributed by atoms with Crippen molar-refractivity contribution in [3.8, 4) is 0 Å². The number of carbonyl (C=O) groups excluding carboxylic acids is 2. The number of benzene rings is 1. The fourth-order valence-electron chi connectivity index (χ4n) is 4.58. The van der Waals surface area contributed by atoms with Gasteiger partial charge in [0, 0.05) is 18.0 Å². The van der Waals surface area contributed by atoms with E-state index in [9.17, 15) is 9.59 Å². The maximum Gasteiger partial charge on any atom is 0.252 e. The maximum atomic E-state index is 12.7. The van der Waals surface area contributed by atoms with E-state index in [4.69, 9.17) is 0 Å². The molecule has 0 aromatic heterocycles. The van der Waals surface area contributed by atoms with Crippen molar-refractivity contribution in [2.45, 2.75) is 69.1 Å². The fourth-order valence-corrected chi connectivity index (χ4v) is 5.46. The van der Waals surface area contributed by atoms with Crippen LogP contribution < -0.4 is 10.6 Å². The standard InChI is InChI=1S/C25H39N3O2S/c29-24(27-19-21-11-4-3-5-12-21)20-31-23-14-7-6-13-22(23)25(30)26-15-10-18-28-16-8-1-2-9-17-28/h6-7,13-14,21H,1-5,8-12,15-20H2,(H,26,30)(H,27,29). The van der Waals surface area contributed by atoms with Crippen LogP contribution in [0.2, 0.25) is 0 Å². The summed E-state index contributed by atoms with van der Waals surface area (Å²) in [7, 11) is 0. The van der Waals surface area contributed by atoms with Gasteiger partial charge < -0.3 is 15.5 Å². The minimum absolute atomic E-state index is 0.0402. The van der Waals surface area contributed by atoms with E-state index in [-0.39, 0.29) is 11.8 Å². The lowest BCUT2D eigenvalue weighted by Gasteiger charge is -2.21. The number of amides is 2. The van der Waals surface area contributed by atoms with Gasteiger partial charge in [-0.2, -0.15) is 0 Å². The van der Waals surface area contributed by atoms with Gasteiger partial charge in [-0.05, 0) is 69.8 Å². The summed E-state index contributed by atoms with van der Waals surface area (Å²) >= 11 is 1.45. The van der Waals surface area contributed by atoms with Crippen LogP contribution in [-0.2, 0) is 4.79 Å². The first kappa shape index (κ1) is 24.1. The van der Waals surface area contributed by atoms with Crippen molar-refractivity contribution in [1.82, 2.24) is 15.5 Å². The summed E-state index contributed by atoms with van der Waals surface area (Å²) in [5, 5.41) is 6.15. The molecule has 1 aromatic carbocycles. The van der Waals surface area contributed by atoms with Gasteiger partial charge in [0.25, 0.3) is 5.91 Å². The van der Waals surface area contributed by atoms with E-state index >= 15 is 0 Å². The lowest BCUT2D eigenvalue weighted by molar-refractivity contribution is -0.118. The molecule has 0 bridgehead atoms. The Morgan fingerprint density at radius 1 is 0.935 bits per heavy atom. The lowest BCUT2D eigenvalue weighted by Crippen LogP contribution is -2.31. The van der Waals surface area contributed by atoms with Gasteiger partial charge in [-0.15, -0.1) is 11.8 Å². The van der Waals surface area contributed by atoms with E-state index in [1.165, 1.54) is 82.6 Å². The monoisotopic (exact) mass is 445 g/mol. The molecule has 2 fully saturated rings.